The zero-order valence-corrected chi connectivity index (χ0v) is 16.6. The van der Waals surface area contributed by atoms with Gasteiger partial charge in [0.05, 0.1) is 17.3 Å². The van der Waals surface area contributed by atoms with Crippen molar-refractivity contribution in [3.8, 4) is 17.0 Å². The highest BCUT2D eigenvalue weighted by molar-refractivity contribution is 7.23. The summed E-state index contributed by atoms with van der Waals surface area (Å²) in [6.45, 7) is 3.65. The number of nitrogens with zero attached hydrogens (tertiary/aromatic N) is 2. The molecule has 0 aliphatic heterocycles. The van der Waals surface area contributed by atoms with Crippen molar-refractivity contribution in [2.24, 2.45) is 0 Å². The number of rotatable bonds is 7. The van der Waals surface area contributed by atoms with E-state index >= 15 is 0 Å². The monoisotopic (exact) mass is 381 g/mol. The third-order valence-corrected chi connectivity index (χ3v) is 5.59. The SMILES string of the molecule is COCCCNc1c(-c2ccccc2OC)nc2sc3cc(C)ccc3n12. The summed E-state index contributed by atoms with van der Waals surface area (Å²) in [4.78, 5) is 5.94. The van der Waals surface area contributed by atoms with Crippen LogP contribution in [-0.2, 0) is 4.74 Å². The van der Waals surface area contributed by atoms with Gasteiger partial charge in [0.25, 0.3) is 0 Å². The maximum atomic E-state index is 5.58. The van der Waals surface area contributed by atoms with Crippen molar-refractivity contribution < 1.29 is 9.47 Å². The number of hydrogen-bond acceptors (Lipinski definition) is 5. The lowest BCUT2D eigenvalue weighted by molar-refractivity contribution is 0.198. The molecule has 5 nitrogen and oxygen atoms in total. The molecule has 2 aromatic carbocycles. The van der Waals surface area contributed by atoms with Gasteiger partial charge in [0.2, 0.25) is 0 Å². The number of hydrogen-bond donors (Lipinski definition) is 1. The lowest BCUT2D eigenvalue weighted by Gasteiger charge is -2.11. The van der Waals surface area contributed by atoms with Gasteiger partial charge >= 0.3 is 0 Å². The van der Waals surface area contributed by atoms with E-state index < -0.39 is 0 Å². The molecule has 4 rings (SSSR count). The Labute approximate surface area is 162 Å². The van der Waals surface area contributed by atoms with E-state index in [0.717, 1.165) is 47.4 Å². The predicted octanol–water partition coefficient (Wildman–Crippen LogP) is 4.98. The molecule has 140 valence electrons. The minimum absolute atomic E-state index is 0.725. The Bertz CT molecular complexity index is 1080. The van der Waals surface area contributed by atoms with Crippen molar-refractivity contribution in [2.75, 3.05) is 32.7 Å². The Hall–Kier alpha value is -2.57. The van der Waals surface area contributed by atoms with Gasteiger partial charge in [-0.1, -0.05) is 29.5 Å². The molecule has 0 bridgehead atoms. The minimum Gasteiger partial charge on any atom is -0.496 e. The average Bonchev–Trinajstić information content (AvgIpc) is 3.20. The molecule has 0 aliphatic carbocycles. The van der Waals surface area contributed by atoms with Crippen LogP contribution in [0.2, 0.25) is 0 Å². The van der Waals surface area contributed by atoms with E-state index in [1.165, 1.54) is 15.8 Å². The highest BCUT2D eigenvalue weighted by atomic mass is 32.1. The third kappa shape index (κ3) is 3.26. The van der Waals surface area contributed by atoms with Gasteiger partial charge in [-0.05, 0) is 43.2 Å². The summed E-state index contributed by atoms with van der Waals surface area (Å²) in [7, 11) is 3.42. The second kappa shape index (κ2) is 7.58. The molecule has 2 aromatic heterocycles. The molecule has 27 heavy (non-hydrogen) atoms. The maximum Gasteiger partial charge on any atom is 0.197 e. The summed E-state index contributed by atoms with van der Waals surface area (Å²) in [5, 5.41) is 3.59. The van der Waals surface area contributed by atoms with Gasteiger partial charge in [-0.3, -0.25) is 4.40 Å². The molecule has 0 unspecified atom stereocenters. The van der Waals surface area contributed by atoms with Crippen molar-refractivity contribution in [1.29, 1.82) is 0 Å². The number of para-hydroxylation sites is 1. The molecular weight excluding hydrogens is 358 g/mol. The molecule has 0 aliphatic rings. The summed E-state index contributed by atoms with van der Waals surface area (Å²) in [6, 6.07) is 14.5. The van der Waals surface area contributed by atoms with Gasteiger partial charge in [-0.2, -0.15) is 0 Å². The topological polar surface area (TPSA) is 47.8 Å². The van der Waals surface area contributed by atoms with Crippen LogP contribution >= 0.6 is 11.3 Å². The maximum absolute atomic E-state index is 5.58. The molecule has 4 aromatic rings. The van der Waals surface area contributed by atoms with E-state index in [1.807, 2.05) is 18.2 Å². The van der Waals surface area contributed by atoms with E-state index in [2.05, 4.69) is 40.9 Å². The van der Waals surface area contributed by atoms with Crippen LogP contribution in [0.25, 0.3) is 26.4 Å². The number of fused-ring (bicyclic) bond motifs is 3. The number of ether oxygens (including phenoxy) is 2. The quantitative estimate of drug-likeness (QED) is 0.459. The van der Waals surface area contributed by atoms with Crippen LogP contribution in [0, 0.1) is 6.92 Å². The first-order chi connectivity index (χ1) is 13.2. The Morgan fingerprint density at radius 3 is 2.81 bits per heavy atom. The van der Waals surface area contributed by atoms with Crippen LogP contribution in [0.15, 0.2) is 42.5 Å². The van der Waals surface area contributed by atoms with Gasteiger partial charge in [0, 0.05) is 25.8 Å². The lowest BCUT2D eigenvalue weighted by Crippen LogP contribution is -2.07. The van der Waals surface area contributed by atoms with E-state index in [1.54, 1.807) is 25.6 Å². The smallest absolute Gasteiger partial charge is 0.197 e. The molecule has 6 heteroatoms. The molecular formula is C21H23N3O2S. The number of nitrogens with one attached hydrogen (secondary N) is 1. The standard InChI is InChI=1S/C21H23N3O2S/c1-14-9-10-16-18(13-14)27-21-23-19(15-7-4-5-8-17(15)26-3)20(24(16)21)22-11-6-12-25-2/h4-5,7-10,13,22H,6,11-12H2,1-3H3. The fraction of sp³-hybridized carbons (Fsp3) is 0.286. The first kappa shape index (κ1) is 17.8. The Kier molecular flexibility index (Phi) is 5.01. The number of anilines is 1. The second-order valence-corrected chi connectivity index (χ2v) is 7.48. The van der Waals surface area contributed by atoms with Gasteiger partial charge in [0.15, 0.2) is 4.96 Å². The zero-order chi connectivity index (χ0) is 18.8. The third-order valence-electron chi connectivity index (χ3n) is 4.58. The van der Waals surface area contributed by atoms with Crippen LogP contribution in [0.5, 0.6) is 5.75 Å². The molecule has 0 atom stereocenters. The van der Waals surface area contributed by atoms with Gasteiger partial charge < -0.3 is 14.8 Å². The number of aryl methyl sites for hydroxylation is 1. The minimum atomic E-state index is 0.725. The van der Waals surface area contributed by atoms with Crippen LogP contribution < -0.4 is 10.1 Å². The van der Waals surface area contributed by atoms with E-state index in [9.17, 15) is 0 Å². The summed E-state index contributed by atoms with van der Waals surface area (Å²) < 4.78 is 14.2. The first-order valence-corrected chi connectivity index (χ1v) is 9.82. The van der Waals surface area contributed by atoms with E-state index in [-0.39, 0.29) is 0 Å². The molecule has 0 fully saturated rings. The van der Waals surface area contributed by atoms with Gasteiger partial charge in [-0.25, -0.2) is 4.98 Å². The second-order valence-electron chi connectivity index (χ2n) is 6.47. The molecule has 0 amide bonds. The molecule has 0 spiro atoms. The highest BCUT2D eigenvalue weighted by Crippen LogP contribution is 2.39. The fourth-order valence-corrected chi connectivity index (χ4v) is 4.42. The van der Waals surface area contributed by atoms with Crippen LogP contribution in [0.1, 0.15) is 12.0 Å². The van der Waals surface area contributed by atoms with Crippen LogP contribution in [0.3, 0.4) is 0 Å². The number of aromatic nitrogens is 2. The Morgan fingerprint density at radius 1 is 1.15 bits per heavy atom. The summed E-state index contributed by atoms with van der Waals surface area (Å²) in [5.41, 5.74) is 4.33. The van der Waals surface area contributed by atoms with Crippen molar-refractivity contribution in [3.63, 3.8) is 0 Å². The number of benzene rings is 2. The Balaban J connectivity index is 1.89. The number of thiazole rings is 1. The zero-order valence-electron chi connectivity index (χ0n) is 15.8. The summed E-state index contributed by atoms with van der Waals surface area (Å²) >= 11 is 1.71. The molecule has 0 saturated heterocycles. The van der Waals surface area contributed by atoms with Crippen LogP contribution in [-0.4, -0.2) is 36.8 Å². The Morgan fingerprint density at radius 2 is 2.00 bits per heavy atom. The fourth-order valence-electron chi connectivity index (χ4n) is 3.29. The van der Waals surface area contributed by atoms with Crippen molar-refractivity contribution >= 4 is 32.3 Å². The normalized spacial score (nSPS) is 11.4. The largest absolute Gasteiger partial charge is 0.496 e. The van der Waals surface area contributed by atoms with Crippen molar-refractivity contribution in [2.45, 2.75) is 13.3 Å². The highest BCUT2D eigenvalue weighted by Gasteiger charge is 2.20. The van der Waals surface area contributed by atoms with Gasteiger partial charge in [0.1, 0.15) is 17.3 Å². The van der Waals surface area contributed by atoms with Crippen molar-refractivity contribution in [1.82, 2.24) is 9.38 Å². The van der Waals surface area contributed by atoms with Crippen molar-refractivity contribution in [3.05, 3.63) is 48.0 Å². The number of methoxy groups -OCH3 is 2. The summed E-state index contributed by atoms with van der Waals surface area (Å²) in [6.07, 6.45) is 0.927. The molecule has 0 saturated carbocycles. The first-order valence-electron chi connectivity index (χ1n) is 9.00. The number of imidazole rings is 1. The lowest BCUT2D eigenvalue weighted by atomic mass is 10.1. The van der Waals surface area contributed by atoms with E-state index in [0.29, 0.717) is 0 Å². The van der Waals surface area contributed by atoms with E-state index in [4.69, 9.17) is 14.5 Å². The average molecular weight is 382 g/mol. The van der Waals surface area contributed by atoms with Crippen LogP contribution in [0.4, 0.5) is 5.82 Å². The molecule has 0 radical (unpaired) electrons. The molecule has 1 N–H and O–H groups in total. The predicted molar refractivity (Wildman–Crippen MR) is 112 cm³/mol. The van der Waals surface area contributed by atoms with Gasteiger partial charge in [-0.15, -0.1) is 0 Å². The molecule has 2 heterocycles. The summed E-state index contributed by atoms with van der Waals surface area (Å²) in [5.74, 6) is 1.82.